The zero-order valence-electron chi connectivity index (χ0n) is 8.91. The summed E-state index contributed by atoms with van der Waals surface area (Å²) in [5.41, 5.74) is 1.99. The smallest absolute Gasteiger partial charge is 0.324 e. The van der Waals surface area contributed by atoms with Crippen molar-refractivity contribution in [3.8, 4) is 0 Å². The van der Waals surface area contributed by atoms with Crippen LogP contribution >= 0.6 is 24.2 Å². The van der Waals surface area contributed by atoms with Crippen LogP contribution in [-0.2, 0) is 0 Å². The number of rotatable bonds is 4. The highest BCUT2D eigenvalue weighted by molar-refractivity contribution is 8.00. The van der Waals surface area contributed by atoms with Crippen molar-refractivity contribution in [3.63, 3.8) is 0 Å². The summed E-state index contributed by atoms with van der Waals surface area (Å²) >= 11 is -0.133. The fourth-order valence-electron chi connectivity index (χ4n) is 1.31. The van der Waals surface area contributed by atoms with Gasteiger partial charge >= 0.3 is 5.51 Å². The summed E-state index contributed by atoms with van der Waals surface area (Å²) in [6.45, 7) is 3.52. The van der Waals surface area contributed by atoms with Crippen molar-refractivity contribution in [2.75, 3.05) is 0 Å². The van der Waals surface area contributed by atoms with Crippen LogP contribution in [0, 0.1) is 0 Å². The lowest BCUT2D eigenvalue weighted by atomic mass is 10.1. The Morgan fingerprint density at radius 1 is 1.35 bits per heavy atom. The van der Waals surface area contributed by atoms with Gasteiger partial charge in [-0.2, -0.15) is 13.2 Å². The van der Waals surface area contributed by atoms with Crippen LogP contribution in [0.25, 0.3) is 0 Å². The molecule has 0 aliphatic heterocycles. The van der Waals surface area contributed by atoms with Crippen LogP contribution in [0.5, 0.6) is 0 Å². The normalized spacial score (nSPS) is 12.7. The predicted octanol–water partition coefficient (Wildman–Crippen LogP) is 4.30. The maximum Gasteiger partial charge on any atom is 0.446 e. The standard InChI is InChI=1S/C11H12F3NS.ClH/c1-2-5-9(15)8-6-3-4-7-10(8)16-11(12,13)14;/h2-4,6-7,9H,1,5,15H2;1H/t9-;/m1./s1. The van der Waals surface area contributed by atoms with Crippen LogP contribution in [0.4, 0.5) is 13.2 Å². The minimum absolute atomic E-state index is 0. The van der Waals surface area contributed by atoms with Gasteiger partial charge in [-0.15, -0.1) is 19.0 Å². The van der Waals surface area contributed by atoms with E-state index in [9.17, 15) is 13.2 Å². The Morgan fingerprint density at radius 3 is 2.47 bits per heavy atom. The van der Waals surface area contributed by atoms with E-state index < -0.39 is 11.6 Å². The lowest BCUT2D eigenvalue weighted by Gasteiger charge is -2.15. The van der Waals surface area contributed by atoms with Crippen molar-refractivity contribution < 1.29 is 13.2 Å². The van der Waals surface area contributed by atoms with Gasteiger partial charge in [-0.25, -0.2) is 0 Å². The summed E-state index contributed by atoms with van der Waals surface area (Å²) in [5.74, 6) is 0. The fraction of sp³-hybridized carbons (Fsp3) is 0.273. The molecule has 0 unspecified atom stereocenters. The number of benzene rings is 1. The van der Waals surface area contributed by atoms with Crippen molar-refractivity contribution in [1.29, 1.82) is 0 Å². The van der Waals surface area contributed by atoms with Gasteiger partial charge in [-0.1, -0.05) is 24.3 Å². The van der Waals surface area contributed by atoms with Gasteiger partial charge in [0.05, 0.1) is 0 Å². The third kappa shape index (κ3) is 5.48. The molecule has 0 saturated carbocycles. The van der Waals surface area contributed by atoms with E-state index in [1.165, 1.54) is 6.07 Å². The molecule has 1 aromatic rings. The van der Waals surface area contributed by atoms with Gasteiger partial charge in [0.1, 0.15) is 0 Å². The Bertz CT molecular complexity index is 368. The van der Waals surface area contributed by atoms with Crippen LogP contribution in [0.15, 0.2) is 41.8 Å². The molecule has 96 valence electrons. The van der Waals surface area contributed by atoms with Gasteiger partial charge in [0, 0.05) is 10.9 Å². The number of alkyl halides is 3. The van der Waals surface area contributed by atoms with Crippen LogP contribution in [0.2, 0.25) is 0 Å². The quantitative estimate of drug-likeness (QED) is 0.659. The number of thioether (sulfide) groups is 1. The van der Waals surface area contributed by atoms with Crippen molar-refractivity contribution in [1.82, 2.24) is 0 Å². The second kappa shape index (κ2) is 6.93. The Kier molecular flexibility index (Phi) is 6.67. The van der Waals surface area contributed by atoms with E-state index >= 15 is 0 Å². The van der Waals surface area contributed by atoms with Crippen molar-refractivity contribution in [3.05, 3.63) is 42.5 Å². The molecule has 6 heteroatoms. The molecule has 0 radical (unpaired) electrons. The van der Waals surface area contributed by atoms with Crippen molar-refractivity contribution in [2.45, 2.75) is 22.9 Å². The molecule has 0 amide bonds. The Labute approximate surface area is 109 Å². The average molecular weight is 284 g/mol. The summed E-state index contributed by atoms with van der Waals surface area (Å²) in [5, 5.41) is 0. The molecule has 1 rings (SSSR count). The molecule has 2 N–H and O–H groups in total. The number of hydrogen-bond donors (Lipinski definition) is 1. The van der Waals surface area contributed by atoms with Gasteiger partial charge in [-0.05, 0) is 29.8 Å². The zero-order chi connectivity index (χ0) is 12.2. The number of hydrogen-bond acceptors (Lipinski definition) is 2. The summed E-state index contributed by atoms with van der Waals surface area (Å²) in [6, 6.07) is 5.85. The molecule has 1 atom stereocenters. The monoisotopic (exact) mass is 283 g/mol. The minimum Gasteiger partial charge on any atom is -0.324 e. The van der Waals surface area contributed by atoms with Crippen LogP contribution in [-0.4, -0.2) is 5.51 Å². The van der Waals surface area contributed by atoms with Crippen molar-refractivity contribution in [2.24, 2.45) is 5.73 Å². The second-order valence-electron chi connectivity index (χ2n) is 3.22. The molecule has 0 bridgehead atoms. The Balaban J connectivity index is 0.00000256. The van der Waals surface area contributed by atoms with Gasteiger partial charge in [0.2, 0.25) is 0 Å². The van der Waals surface area contributed by atoms with Gasteiger partial charge in [-0.3, -0.25) is 0 Å². The molecule has 1 aromatic carbocycles. The first-order valence-corrected chi connectivity index (χ1v) is 5.47. The van der Waals surface area contributed by atoms with E-state index in [0.717, 1.165) is 0 Å². The summed E-state index contributed by atoms with van der Waals surface area (Å²) in [4.78, 5) is 0.157. The molecule has 17 heavy (non-hydrogen) atoms. The molecule has 0 aromatic heterocycles. The largest absolute Gasteiger partial charge is 0.446 e. The average Bonchev–Trinajstić information content (AvgIpc) is 2.16. The predicted molar refractivity (Wildman–Crippen MR) is 67.3 cm³/mol. The Hall–Kier alpha value is -0.650. The molecular weight excluding hydrogens is 271 g/mol. The first-order valence-electron chi connectivity index (χ1n) is 4.65. The first kappa shape index (κ1) is 16.4. The SMILES string of the molecule is C=CC[C@@H](N)c1ccccc1SC(F)(F)F.Cl. The number of halogens is 4. The molecule has 1 nitrogen and oxygen atoms in total. The molecule has 0 saturated heterocycles. The lowest BCUT2D eigenvalue weighted by Crippen LogP contribution is -2.11. The van der Waals surface area contributed by atoms with Crippen LogP contribution in [0.1, 0.15) is 18.0 Å². The summed E-state index contributed by atoms with van der Waals surface area (Å²) in [7, 11) is 0. The maximum atomic E-state index is 12.3. The first-order chi connectivity index (χ1) is 7.44. The van der Waals surface area contributed by atoms with Crippen LogP contribution in [0.3, 0.4) is 0 Å². The fourth-order valence-corrected chi connectivity index (χ4v) is 2.04. The molecule has 0 aliphatic rings. The topological polar surface area (TPSA) is 26.0 Å². The molecular formula is C11H13ClF3NS. The van der Waals surface area contributed by atoms with E-state index in [-0.39, 0.29) is 29.1 Å². The lowest BCUT2D eigenvalue weighted by molar-refractivity contribution is -0.0328. The van der Waals surface area contributed by atoms with Crippen LogP contribution < -0.4 is 5.73 Å². The zero-order valence-corrected chi connectivity index (χ0v) is 10.5. The van der Waals surface area contributed by atoms with Gasteiger partial charge < -0.3 is 5.73 Å². The number of nitrogens with two attached hydrogens (primary N) is 1. The summed E-state index contributed by atoms with van der Waals surface area (Å²) < 4.78 is 36.8. The van der Waals surface area contributed by atoms with E-state index in [4.69, 9.17) is 5.73 Å². The second-order valence-corrected chi connectivity index (χ2v) is 4.32. The third-order valence-electron chi connectivity index (χ3n) is 1.96. The minimum atomic E-state index is -4.29. The van der Waals surface area contributed by atoms with Gasteiger partial charge in [0.15, 0.2) is 0 Å². The van der Waals surface area contributed by atoms with E-state index in [1.807, 2.05) is 0 Å². The highest BCUT2D eigenvalue weighted by atomic mass is 35.5. The third-order valence-corrected chi connectivity index (χ3v) is 2.79. The molecule has 0 aliphatic carbocycles. The van der Waals surface area contributed by atoms with E-state index in [0.29, 0.717) is 12.0 Å². The van der Waals surface area contributed by atoms with Gasteiger partial charge in [0.25, 0.3) is 0 Å². The highest BCUT2D eigenvalue weighted by Crippen LogP contribution is 2.40. The molecule has 0 fully saturated rings. The highest BCUT2D eigenvalue weighted by Gasteiger charge is 2.30. The molecule has 0 heterocycles. The van der Waals surface area contributed by atoms with Crippen molar-refractivity contribution >= 4 is 24.2 Å². The van der Waals surface area contributed by atoms with E-state index in [1.54, 1.807) is 24.3 Å². The van der Waals surface area contributed by atoms with E-state index in [2.05, 4.69) is 6.58 Å². The maximum absolute atomic E-state index is 12.3. The summed E-state index contributed by atoms with van der Waals surface area (Å²) in [6.07, 6.45) is 2.05. The molecule has 0 spiro atoms. The Morgan fingerprint density at radius 2 is 1.94 bits per heavy atom.